The zero-order chi connectivity index (χ0) is 15.8. The van der Waals surface area contributed by atoms with E-state index in [2.05, 4.69) is 6.92 Å². The summed E-state index contributed by atoms with van der Waals surface area (Å²) in [4.78, 5) is 11.6. The van der Waals surface area contributed by atoms with Gasteiger partial charge in [0, 0.05) is 17.9 Å². The summed E-state index contributed by atoms with van der Waals surface area (Å²) >= 11 is 6.36. The Morgan fingerprint density at radius 2 is 1.90 bits per heavy atom. The van der Waals surface area contributed by atoms with Crippen LogP contribution in [0.25, 0.3) is 0 Å². The quantitative estimate of drug-likeness (QED) is 0.607. The second-order valence-corrected chi connectivity index (χ2v) is 5.98. The molecular weight excluding hydrogens is 284 g/mol. The molecule has 0 N–H and O–H groups in total. The Hall–Kier alpha value is -1.02. The van der Waals surface area contributed by atoms with E-state index >= 15 is 0 Å². The molecule has 1 aromatic carbocycles. The Morgan fingerprint density at radius 1 is 1.19 bits per heavy atom. The van der Waals surface area contributed by atoms with Crippen molar-refractivity contribution in [3.63, 3.8) is 0 Å². The number of carbonyl (C=O) groups excluding carboxylic acids is 1. The summed E-state index contributed by atoms with van der Waals surface area (Å²) in [6.45, 7) is 8.89. The van der Waals surface area contributed by atoms with Gasteiger partial charge in [0.1, 0.15) is 11.5 Å². The molecule has 0 aliphatic carbocycles. The fourth-order valence-electron chi connectivity index (χ4n) is 2.48. The van der Waals surface area contributed by atoms with Gasteiger partial charge in [-0.1, -0.05) is 25.4 Å². The lowest BCUT2D eigenvalue weighted by atomic mass is 9.98. The lowest BCUT2D eigenvalue weighted by molar-refractivity contribution is -0.119. The van der Waals surface area contributed by atoms with E-state index in [1.807, 2.05) is 26.8 Å². The van der Waals surface area contributed by atoms with Gasteiger partial charge in [-0.15, -0.1) is 0 Å². The van der Waals surface area contributed by atoms with E-state index in [0.29, 0.717) is 25.2 Å². The maximum Gasteiger partial charge on any atom is 0.132 e. The molecule has 0 saturated carbocycles. The van der Waals surface area contributed by atoms with E-state index in [9.17, 15) is 4.79 Å². The summed E-state index contributed by atoms with van der Waals surface area (Å²) < 4.78 is 5.86. The summed E-state index contributed by atoms with van der Waals surface area (Å²) in [7, 11) is 0. The third-order valence-electron chi connectivity index (χ3n) is 3.65. The minimum Gasteiger partial charge on any atom is -0.493 e. The predicted molar refractivity (Wildman–Crippen MR) is 89.6 cm³/mol. The number of benzene rings is 1. The van der Waals surface area contributed by atoms with Crippen LogP contribution >= 0.6 is 11.6 Å². The van der Waals surface area contributed by atoms with Crippen LogP contribution in [-0.2, 0) is 11.2 Å². The molecule has 1 aromatic rings. The summed E-state index contributed by atoms with van der Waals surface area (Å²) in [6.07, 6.45) is 4.95. The van der Waals surface area contributed by atoms with Gasteiger partial charge in [-0.3, -0.25) is 4.79 Å². The standard InChI is InChI=1S/C18H27ClO2/c1-5-8-15(20)9-7-10-16-14(4)18(19)13(3)12-17(16)21-11-6-2/h12H,5-11H2,1-4H3. The highest BCUT2D eigenvalue weighted by molar-refractivity contribution is 6.32. The van der Waals surface area contributed by atoms with Crippen molar-refractivity contribution in [3.8, 4) is 5.75 Å². The molecule has 21 heavy (non-hydrogen) atoms. The van der Waals surface area contributed by atoms with Gasteiger partial charge in [0.2, 0.25) is 0 Å². The van der Waals surface area contributed by atoms with E-state index in [-0.39, 0.29) is 0 Å². The largest absolute Gasteiger partial charge is 0.493 e. The summed E-state index contributed by atoms with van der Waals surface area (Å²) in [5, 5.41) is 0.814. The molecule has 0 atom stereocenters. The number of ketones is 1. The first kappa shape index (κ1) is 18.0. The average Bonchev–Trinajstić information content (AvgIpc) is 2.45. The Morgan fingerprint density at radius 3 is 2.52 bits per heavy atom. The first-order valence-corrected chi connectivity index (χ1v) is 8.32. The molecule has 0 unspecified atom stereocenters. The van der Waals surface area contributed by atoms with Crippen LogP contribution in [0.3, 0.4) is 0 Å². The molecule has 2 nitrogen and oxygen atoms in total. The Bertz CT molecular complexity index is 481. The van der Waals surface area contributed by atoms with Crippen molar-refractivity contribution in [2.75, 3.05) is 6.61 Å². The number of aryl methyl sites for hydroxylation is 1. The molecule has 0 aromatic heterocycles. The molecule has 0 amide bonds. The van der Waals surface area contributed by atoms with Crippen molar-refractivity contribution >= 4 is 17.4 Å². The van der Waals surface area contributed by atoms with Crippen LogP contribution in [0.5, 0.6) is 5.75 Å². The zero-order valence-corrected chi connectivity index (χ0v) is 14.5. The topological polar surface area (TPSA) is 26.3 Å². The molecule has 3 heteroatoms. The molecule has 0 spiro atoms. The summed E-state index contributed by atoms with van der Waals surface area (Å²) in [5.74, 6) is 1.28. The molecule has 1 rings (SSSR count). The van der Waals surface area contributed by atoms with Gasteiger partial charge in [-0.05, 0) is 62.3 Å². The smallest absolute Gasteiger partial charge is 0.132 e. The van der Waals surface area contributed by atoms with Crippen LogP contribution in [0.4, 0.5) is 0 Å². The third kappa shape index (κ3) is 5.35. The highest BCUT2D eigenvalue weighted by Gasteiger charge is 2.13. The Labute approximate surface area is 133 Å². The van der Waals surface area contributed by atoms with Crippen molar-refractivity contribution in [1.29, 1.82) is 0 Å². The number of hydrogen-bond donors (Lipinski definition) is 0. The molecule has 0 radical (unpaired) electrons. The first-order valence-electron chi connectivity index (χ1n) is 7.94. The van der Waals surface area contributed by atoms with Gasteiger partial charge in [-0.2, -0.15) is 0 Å². The highest BCUT2D eigenvalue weighted by Crippen LogP contribution is 2.33. The maximum absolute atomic E-state index is 11.6. The second kappa shape index (κ2) is 9.09. The third-order valence-corrected chi connectivity index (χ3v) is 4.23. The number of carbonyl (C=O) groups is 1. The molecule has 0 bridgehead atoms. The molecule has 0 fully saturated rings. The number of hydrogen-bond acceptors (Lipinski definition) is 2. The van der Waals surface area contributed by atoms with Crippen molar-refractivity contribution in [1.82, 2.24) is 0 Å². The normalized spacial score (nSPS) is 10.7. The second-order valence-electron chi connectivity index (χ2n) is 5.60. The number of Topliss-reactive ketones (excluding diaryl/α,β-unsaturated/α-hetero) is 1. The molecule has 0 saturated heterocycles. The van der Waals surface area contributed by atoms with E-state index in [1.54, 1.807) is 0 Å². The van der Waals surface area contributed by atoms with E-state index < -0.39 is 0 Å². The predicted octanol–water partition coefficient (Wildman–Crippen LogP) is 5.44. The van der Waals surface area contributed by atoms with Gasteiger partial charge in [0.15, 0.2) is 0 Å². The summed E-state index contributed by atoms with van der Waals surface area (Å²) in [5.41, 5.74) is 3.29. The fourth-order valence-corrected chi connectivity index (χ4v) is 2.65. The van der Waals surface area contributed by atoms with Crippen molar-refractivity contribution < 1.29 is 9.53 Å². The van der Waals surface area contributed by atoms with Crippen LogP contribution in [0, 0.1) is 13.8 Å². The van der Waals surface area contributed by atoms with Gasteiger partial charge in [-0.25, -0.2) is 0 Å². The SMILES string of the molecule is CCCOc1cc(C)c(Cl)c(C)c1CCCC(=O)CCC. The Kier molecular flexibility index (Phi) is 7.81. The van der Waals surface area contributed by atoms with Gasteiger partial charge in [0.05, 0.1) is 6.61 Å². The summed E-state index contributed by atoms with van der Waals surface area (Å²) in [6, 6.07) is 2.02. The average molecular weight is 311 g/mol. The van der Waals surface area contributed by atoms with E-state index in [4.69, 9.17) is 16.3 Å². The lowest BCUT2D eigenvalue weighted by Gasteiger charge is -2.16. The van der Waals surface area contributed by atoms with Gasteiger partial charge >= 0.3 is 0 Å². The minimum absolute atomic E-state index is 0.351. The zero-order valence-electron chi connectivity index (χ0n) is 13.7. The van der Waals surface area contributed by atoms with Gasteiger partial charge in [0.25, 0.3) is 0 Å². The van der Waals surface area contributed by atoms with Crippen LogP contribution in [0.15, 0.2) is 6.07 Å². The molecule has 0 aliphatic rings. The molecular formula is C18H27ClO2. The molecule has 0 heterocycles. The monoisotopic (exact) mass is 310 g/mol. The maximum atomic E-state index is 11.6. The van der Waals surface area contributed by atoms with E-state index in [0.717, 1.165) is 53.1 Å². The fraction of sp³-hybridized carbons (Fsp3) is 0.611. The Balaban J connectivity index is 2.82. The number of halogens is 1. The van der Waals surface area contributed by atoms with Crippen LogP contribution in [0.2, 0.25) is 5.02 Å². The van der Waals surface area contributed by atoms with Crippen molar-refractivity contribution in [3.05, 3.63) is 27.8 Å². The molecule has 118 valence electrons. The molecule has 0 aliphatic heterocycles. The minimum atomic E-state index is 0.351. The van der Waals surface area contributed by atoms with Crippen LogP contribution < -0.4 is 4.74 Å². The highest BCUT2D eigenvalue weighted by atomic mass is 35.5. The van der Waals surface area contributed by atoms with Crippen molar-refractivity contribution in [2.45, 2.75) is 66.2 Å². The first-order chi connectivity index (χ1) is 10.0. The van der Waals surface area contributed by atoms with Gasteiger partial charge < -0.3 is 4.74 Å². The van der Waals surface area contributed by atoms with E-state index in [1.165, 1.54) is 0 Å². The van der Waals surface area contributed by atoms with Crippen LogP contribution in [0.1, 0.15) is 62.6 Å². The number of rotatable bonds is 9. The number of ether oxygens (including phenoxy) is 1. The van der Waals surface area contributed by atoms with Crippen molar-refractivity contribution in [2.24, 2.45) is 0 Å². The van der Waals surface area contributed by atoms with Crippen LogP contribution in [-0.4, -0.2) is 12.4 Å². The lowest BCUT2D eigenvalue weighted by Crippen LogP contribution is -2.04.